The Morgan fingerprint density at radius 1 is 1.50 bits per heavy atom. The van der Waals surface area contributed by atoms with E-state index >= 15 is 0 Å². The molecule has 0 saturated heterocycles. The SMILES string of the molecule is CCNC(COCC(F)(F)F)Cc1cn(C)nn1. The smallest absolute Gasteiger partial charge is 0.370 e. The molecule has 1 aromatic rings. The van der Waals surface area contributed by atoms with Crippen molar-refractivity contribution in [2.24, 2.45) is 7.05 Å². The fourth-order valence-electron chi connectivity index (χ4n) is 1.54. The van der Waals surface area contributed by atoms with E-state index in [1.807, 2.05) is 6.92 Å². The predicted molar refractivity (Wildman–Crippen MR) is 59.0 cm³/mol. The lowest BCUT2D eigenvalue weighted by Crippen LogP contribution is -2.36. The van der Waals surface area contributed by atoms with E-state index in [0.29, 0.717) is 13.0 Å². The molecule has 0 aromatic carbocycles. The number of aryl methyl sites for hydroxylation is 1. The van der Waals surface area contributed by atoms with E-state index in [4.69, 9.17) is 0 Å². The Hall–Kier alpha value is -1.15. The number of nitrogens with one attached hydrogen (secondary N) is 1. The van der Waals surface area contributed by atoms with Crippen LogP contribution in [0.25, 0.3) is 0 Å². The molecule has 0 aliphatic rings. The Morgan fingerprint density at radius 2 is 2.22 bits per heavy atom. The summed E-state index contributed by atoms with van der Waals surface area (Å²) in [5.41, 5.74) is 0.721. The van der Waals surface area contributed by atoms with Crippen molar-refractivity contribution < 1.29 is 17.9 Å². The fraction of sp³-hybridized carbons (Fsp3) is 0.800. The zero-order chi connectivity index (χ0) is 13.6. The Bertz CT molecular complexity index is 353. The first-order valence-corrected chi connectivity index (χ1v) is 5.63. The van der Waals surface area contributed by atoms with Gasteiger partial charge in [0.15, 0.2) is 0 Å². The monoisotopic (exact) mass is 266 g/mol. The van der Waals surface area contributed by atoms with Crippen LogP contribution in [0.1, 0.15) is 12.6 Å². The third-order valence-electron chi connectivity index (χ3n) is 2.18. The van der Waals surface area contributed by atoms with Gasteiger partial charge in [-0.15, -0.1) is 5.10 Å². The molecule has 1 N–H and O–H groups in total. The van der Waals surface area contributed by atoms with Crippen LogP contribution in [0, 0.1) is 0 Å². The Morgan fingerprint density at radius 3 is 2.72 bits per heavy atom. The molecule has 1 rings (SSSR count). The molecule has 0 aliphatic carbocycles. The third-order valence-corrected chi connectivity index (χ3v) is 2.18. The van der Waals surface area contributed by atoms with Crippen LogP contribution in [0.4, 0.5) is 13.2 Å². The largest absolute Gasteiger partial charge is 0.411 e. The molecule has 8 heteroatoms. The van der Waals surface area contributed by atoms with Crippen LogP contribution in [-0.4, -0.2) is 47.0 Å². The van der Waals surface area contributed by atoms with E-state index in [1.54, 1.807) is 17.9 Å². The van der Waals surface area contributed by atoms with Gasteiger partial charge in [-0.05, 0) is 6.54 Å². The lowest BCUT2D eigenvalue weighted by molar-refractivity contribution is -0.175. The second-order valence-corrected chi connectivity index (χ2v) is 3.97. The average molecular weight is 266 g/mol. The maximum Gasteiger partial charge on any atom is 0.411 e. The molecular formula is C10H17F3N4O. The van der Waals surface area contributed by atoms with Crippen LogP contribution in [0.3, 0.4) is 0 Å². The summed E-state index contributed by atoms with van der Waals surface area (Å²) in [7, 11) is 1.74. The molecule has 1 aromatic heterocycles. The quantitative estimate of drug-likeness (QED) is 0.797. The zero-order valence-electron chi connectivity index (χ0n) is 10.4. The molecule has 1 unspecified atom stereocenters. The Labute approximate surface area is 103 Å². The number of hydrogen-bond acceptors (Lipinski definition) is 4. The van der Waals surface area contributed by atoms with E-state index in [0.717, 1.165) is 5.69 Å². The number of likely N-dealkylation sites (N-methyl/N-ethyl adjacent to an activating group) is 1. The van der Waals surface area contributed by atoms with Gasteiger partial charge in [-0.25, -0.2) is 0 Å². The molecule has 0 radical (unpaired) electrons. The fourth-order valence-corrected chi connectivity index (χ4v) is 1.54. The highest BCUT2D eigenvalue weighted by Crippen LogP contribution is 2.14. The first-order valence-electron chi connectivity index (χ1n) is 5.63. The van der Waals surface area contributed by atoms with Crippen molar-refractivity contribution in [2.75, 3.05) is 19.8 Å². The summed E-state index contributed by atoms with van der Waals surface area (Å²) in [5, 5.41) is 10.7. The van der Waals surface area contributed by atoms with Crippen LogP contribution in [0.2, 0.25) is 0 Å². The first-order chi connectivity index (χ1) is 8.40. The van der Waals surface area contributed by atoms with Gasteiger partial charge in [0.25, 0.3) is 0 Å². The van der Waals surface area contributed by atoms with Gasteiger partial charge in [0.1, 0.15) is 6.61 Å². The second kappa shape index (κ2) is 6.69. The number of nitrogens with zero attached hydrogens (tertiary/aromatic N) is 3. The Balaban J connectivity index is 2.40. The minimum atomic E-state index is -4.29. The molecule has 0 bridgehead atoms. The van der Waals surface area contributed by atoms with E-state index in [2.05, 4.69) is 20.4 Å². The zero-order valence-corrected chi connectivity index (χ0v) is 10.4. The third kappa shape index (κ3) is 5.97. The standard InChI is InChI=1S/C10H17F3N4O/c1-3-14-9(6-18-7-10(11,12)13)4-8-5-17(2)16-15-8/h5,9,14H,3-4,6-7H2,1-2H3. The van der Waals surface area contributed by atoms with Crippen LogP contribution in [-0.2, 0) is 18.2 Å². The molecule has 104 valence electrons. The second-order valence-electron chi connectivity index (χ2n) is 3.97. The number of aromatic nitrogens is 3. The van der Waals surface area contributed by atoms with Gasteiger partial charge >= 0.3 is 6.18 Å². The van der Waals surface area contributed by atoms with Crippen molar-refractivity contribution >= 4 is 0 Å². The van der Waals surface area contributed by atoms with Crippen molar-refractivity contribution in [1.82, 2.24) is 20.3 Å². The van der Waals surface area contributed by atoms with Gasteiger partial charge in [0.05, 0.1) is 12.3 Å². The lowest BCUT2D eigenvalue weighted by atomic mass is 10.2. The summed E-state index contributed by atoms with van der Waals surface area (Å²) in [6.45, 7) is 1.30. The number of ether oxygens (including phenoxy) is 1. The molecule has 5 nitrogen and oxygen atoms in total. The summed E-state index contributed by atoms with van der Waals surface area (Å²) >= 11 is 0. The Kier molecular flexibility index (Phi) is 5.54. The molecule has 0 spiro atoms. The predicted octanol–water partition coefficient (Wildman–Crippen LogP) is 0.915. The highest BCUT2D eigenvalue weighted by Gasteiger charge is 2.28. The van der Waals surface area contributed by atoms with Crippen molar-refractivity contribution in [3.8, 4) is 0 Å². The van der Waals surface area contributed by atoms with Crippen LogP contribution in [0.15, 0.2) is 6.20 Å². The van der Waals surface area contributed by atoms with Crippen molar-refractivity contribution in [3.63, 3.8) is 0 Å². The topological polar surface area (TPSA) is 52.0 Å². The highest BCUT2D eigenvalue weighted by molar-refractivity contribution is 4.95. The summed E-state index contributed by atoms with van der Waals surface area (Å²) in [6, 6.07) is -0.200. The maximum absolute atomic E-state index is 12.0. The van der Waals surface area contributed by atoms with Gasteiger partial charge in [-0.2, -0.15) is 13.2 Å². The number of rotatable bonds is 7. The van der Waals surface area contributed by atoms with Gasteiger partial charge in [0.2, 0.25) is 0 Å². The molecule has 1 atom stereocenters. The van der Waals surface area contributed by atoms with Crippen molar-refractivity contribution in [1.29, 1.82) is 0 Å². The van der Waals surface area contributed by atoms with Crippen LogP contribution < -0.4 is 5.32 Å². The lowest BCUT2D eigenvalue weighted by Gasteiger charge is -2.17. The van der Waals surface area contributed by atoms with E-state index < -0.39 is 12.8 Å². The molecule has 18 heavy (non-hydrogen) atoms. The molecule has 0 aliphatic heterocycles. The van der Waals surface area contributed by atoms with Gasteiger partial charge < -0.3 is 10.1 Å². The summed E-state index contributed by atoms with van der Waals surface area (Å²) in [6.07, 6.45) is -2.07. The van der Waals surface area contributed by atoms with E-state index in [-0.39, 0.29) is 12.6 Å². The van der Waals surface area contributed by atoms with Gasteiger partial charge in [0, 0.05) is 25.7 Å². The molecule has 1 heterocycles. The number of hydrogen-bond donors (Lipinski definition) is 1. The van der Waals surface area contributed by atoms with Gasteiger partial charge in [-0.1, -0.05) is 12.1 Å². The first kappa shape index (κ1) is 14.9. The average Bonchev–Trinajstić information content (AvgIpc) is 2.62. The minimum absolute atomic E-state index is 0.01000. The molecule has 0 saturated carbocycles. The summed E-state index contributed by atoms with van der Waals surface area (Å²) in [4.78, 5) is 0. The van der Waals surface area contributed by atoms with Crippen LogP contribution >= 0.6 is 0 Å². The summed E-state index contributed by atoms with van der Waals surface area (Å²) in [5.74, 6) is 0. The minimum Gasteiger partial charge on any atom is -0.370 e. The van der Waals surface area contributed by atoms with Crippen molar-refractivity contribution in [2.45, 2.75) is 25.6 Å². The normalized spacial score (nSPS) is 13.8. The van der Waals surface area contributed by atoms with Crippen LogP contribution in [0.5, 0.6) is 0 Å². The molecule has 0 amide bonds. The molecular weight excluding hydrogens is 249 g/mol. The van der Waals surface area contributed by atoms with E-state index in [1.165, 1.54) is 0 Å². The summed E-state index contributed by atoms with van der Waals surface area (Å²) < 4.78 is 42.1. The number of alkyl halides is 3. The molecule has 0 fully saturated rings. The van der Waals surface area contributed by atoms with E-state index in [9.17, 15) is 13.2 Å². The van der Waals surface area contributed by atoms with Gasteiger partial charge in [-0.3, -0.25) is 4.68 Å². The number of halogens is 3. The van der Waals surface area contributed by atoms with Crippen molar-refractivity contribution in [3.05, 3.63) is 11.9 Å². The highest BCUT2D eigenvalue weighted by atomic mass is 19.4. The maximum atomic E-state index is 12.0.